The Hall–Kier alpha value is -1.17. The van der Waals surface area contributed by atoms with E-state index in [1.807, 2.05) is 30.3 Å². The molecule has 4 nitrogen and oxygen atoms in total. The van der Waals surface area contributed by atoms with Gasteiger partial charge in [0.1, 0.15) is 12.0 Å². The van der Waals surface area contributed by atoms with Crippen molar-refractivity contribution in [2.75, 3.05) is 13.7 Å². The summed E-state index contributed by atoms with van der Waals surface area (Å²) in [6.45, 7) is 6.86. The number of fused-ring (bicyclic) bond motifs is 2. The lowest BCUT2D eigenvalue weighted by Crippen LogP contribution is -2.44. The zero-order valence-corrected chi connectivity index (χ0v) is 16.9. The fraction of sp³-hybridized carbons (Fsp3) is 0.650. The minimum Gasteiger partial charge on any atom is -0.462 e. The third-order valence-electron chi connectivity index (χ3n) is 5.51. The molecule has 0 aromatic heterocycles. The quantitative estimate of drug-likeness (QED) is 0.571. The van der Waals surface area contributed by atoms with Gasteiger partial charge < -0.3 is 14.1 Å². The van der Waals surface area contributed by atoms with Crippen LogP contribution in [0.1, 0.15) is 37.2 Å². The molecule has 0 amide bonds. The minimum absolute atomic E-state index is 0.0549. The van der Waals surface area contributed by atoms with E-state index in [0.29, 0.717) is 18.7 Å². The van der Waals surface area contributed by atoms with Crippen molar-refractivity contribution >= 4 is 14.3 Å². The third-order valence-corrected chi connectivity index (χ3v) is 6.54. The second-order valence-corrected chi connectivity index (χ2v) is 13.0. The fourth-order valence-electron chi connectivity index (χ4n) is 4.02. The predicted molar refractivity (Wildman–Crippen MR) is 102 cm³/mol. The van der Waals surface area contributed by atoms with Crippen LogP contribution in [0.2, 0.25) is 19.6 Å². The number of nitrogens with zero attached hydrogens (tertiary/aromatic N) is 1. The Morgan fingerprint density at radius 2 is 1.76 bits per heavy atom. The maximum atomic E-state index is 12.9. The van der Waals surface area contributed by atoms with Crippen molar-refractivity contribution in [3.05, 3.63) is 35.9 Å². The molecular formula is C20H31NO3Si. The summed E-state index contributed by atoms with van der Waals surface area (Å²) in [4.78, 5) is 15.4. The first-order valence-corrected chi connectivity index (χ1v) is 12.9. The molecule has 2 saturated heterocycles. The topological polar surface area (TPSA) is 38.8 Å². The van der Waals surface area contributed by atoms with Gasteiger partial charge in [0, 0.05) is 12.1 Å². The van der Waals surface area contributed by atoms with Crippen LogP contribution in [-0.4, -0.2) is 51.0 Å². The van der Waals surface area contributed by atoms with E-state index in [1.165, 1.54) is 12.8 Å². The molecule has 2 bridgehead atoms. The minimum atomic E-state index is -1.69. The second kappa shape index (κ2) is 7.60. The zero-order chi connectivity index (χ0) is 18.0. The maximum absolute atomic E-state index is 12.9. The second-order valence-electron chi connectivity index (χ2n) is 8.47. The van der Waals surface area contributed by atoms with Gasteiger partial charge in [0.15, 0.2) is 8.32 Å². The highest BCUT2D eigenvalue weighted by molar-refractivity contribution is 6.69. The Morgan fingerprint density at radius 3 is 2.32 bits per heavy atom. The van der Waals surface area contributed by atoms with Crippen LogP contribution in [0, 0.1) is 0 Å². The number of esters is 1. The third kappa shape index (κ3) is 4.71. The van der Waals surface area contributed by atoms with Crippen LogP contribution >= 0.6 is 0 Å². The number of hydrogen-bond acceptors (Lipinski definition) is 4. The largest absolute Gasteiger partial charge is 0.462 e. The molecule has 0 radical (unpaired) electrons. The van der Waals surface area contributed by atoms with Gasteiger partial charge in [-0.3, -0.25) is 4.79 Å². The maximum Gasteiger partial charge on any atom is 0.316 e. The molecule has 1 aromatic carbocycles. The molecule has 0 aliphatic carbocycles. The van der Waals surface area contributed by atoms with E-state index >= 15 is 0 Å². The van der Waals surface area contributed by atoms with E-state index in [2.05, 4.69) is 31.6 Å². The molecule has 25 heavy (non-hydrogen) atoms. The molecular weight excluding hydrogens is 330 g/mol. The van der Waals surface area contributed by atoms with Gasteiger partial charge >= 0.3 is 5.97 Å². The number of ether oxygens (including phenoxy) is 1. The first kappa shape index (κ1) is 18.6. The molecule has 2 heterocycles. The Bertz CT molecular complexity index is 572. The molecule has 3 rings (SSSR count). The number of carbonyl (C=O) groups excluding carboxylic acids is 1. The predicted octanol–water partition coefficient (Wildman–Crippen LogP) is 3.79. The molecule has 2 aliphatic rings. The van der Waals surface area contributed by atoms with Crippen LogP contribution in [0.25, 0.3) is 0 Å². The van der Waals surface area contributed by atoms with Crippen molar-refractivity contribution in [1.82, 2.24) is 4.90 Å². The molecule has 0 spiro atoms. The Morgan fingerprint density at radius 1 is 1.16 bits per heavy atom. The van der Waals surface area contributed by atoms with Crippen molar-refractivity contribution in [1.29, 1.82) is 0 Å². The van der Waals surface area contributed by atoms with E-state index in [9.17, 15) is 4.79 Å². The van der Waals surface area contributed by atoms with Crippen LogP contribution in [0.3, 0.4) is 0 Å². The average Bonchev–Trinajstić information content (AvgIpc) is 2.77. The Balaban J connectivity index is 1.67. The fourth-order valence-corrected chi connectivity index (χ4v) is 4.69. The van der Waals surface area contributed by atoms with Crippen LogP contribution in [0.15, 0.2) is 30.3 Å². The summed E-state index contributed by atoms with van der Waals surface area (Å²) in [5.74, 6) is -0.455. The molecule has 0 saturated carbocycles. The number of benzene rings is 1. The van der Waals surface area contributed by atoms with Crippen LogP contribution in [-0.2, 0) is 14.0 Å². The van der Waals surface area contributed by atoms with E-state index in [1.54, 1.807) is 0 Å². The van der Waals surface area contributed by atoms with Gasteiger partial charge in [-0.2, -0.15) is 0 Å². The summed E-state index contributed by atoms with van der Waals surface area (Å²) >= 11 is 0. The van der Waals surface area contributed by atoms with Crippen molar-refractivity contribution in [3.63, 3.8) is 0 Å². The van der Waals surface area contributed by atoms with Crippen molar-refractivity contribution in [2.45, 2.75) is 69.4 Å². The van der Waals surface area contributed by atoms with Crippen molar-refractivity contribution in [3.8, 4) is 0 Å². The highest BCUT2D eigenvalue weighted by Gasteiger charge is 2.40. The summed E-state index contributed by atoms with van der Waals surface area (Å²) in [6.07, 6.45) is 4.45. The number of piperidine rings is 1. The van der Waals surface area contributed by atoms with Gasteiger partial charge in [-0.05, 0) is 57.9 Å². The van der Waals surface area contributed by atoms with Gasteiger partial charge in [0.2, 0.25) is 0 Å². The van der Waals surface area contributed by atoms with Gasteiger partial charge in [0.25, 0.3) is 0 Å². The summed E-state index contributed by atoms with van der Waals surface area (Å²) < 4.78 is 12.0. The summed E-state index contributed by atoms with van der Waals surface area (Å²) in [7, 11) is 0.517. The lowest BCUT2D eigenvalue weighted by molar-refractivity contribution is -0.155. The SMILES string of the molecule is CN1[C@@H]2CC[C@H]1CC(OC(=O)[C@@H](CO[Si](C)(C)C)c1ccccc1)C2. The first-order valence-electron chi connectivity index (χ1n) is 9.45. The molecule has 1 aromatic rings. The van der Waals surface area contributed by atoms with Gasteiger partial charge in [0.05, 0.1) is 6.61 Å². The lowest BCUT2D eigenvalue weighted by Gasteiger charge is -2.36. The van der Waals surface area contributed by atoms with Gasteiger partial charge in [-0.1, -0.05) is 30.3 Å². The summed E-state index contributed by atoms with van der Waals surface area (Å²) in [5.41, 5.74) is 0.988. The Kier molecular flexibility index (Phi) is 5.66. The smallest absolute Gasteiger partial charge is 0.316 e. The molecule has 1 unspecified atom stereocenters. The number of hydrogen-bond donors (Lipinski definition) is 0. The standard InChI is InChI=1S/C20H31NO3Si/c1-21-16-10-11-17(21)13-18(12-16)24-20(22)19(14-23-25(2,3)4)15-8-6-5-7-9-15/h5-9,16-19H,10-14H2,1-4H3/t16-,17+,18?,19-/m0/s1. The van der Waals surface area contributed by atoms with E-state index in [-0.39, 0.29) is 18.0 Å². The van der Waals surface area contributed by atoms with Crippen LogP contribution in [0.5, 0.6) is 0 Å². The lowest BCUT2D eigenvalue weighted by atomic mass is 9.98. The Labute approximate surface area is 152 Å². The molecule has 2 fully saturated rings. The van der Waals surface area contributed by atoms with Crippen LogP contribution < -0.4 is 0 Å². The molecule has 4 atom stereocenters. The van der Waals surface area contributed by atoms with E-state index in [4.69, 9.17) is 9.16 Å². The average molecular weight is 362 g/mol. The van der Waals surface area contributed by atoms with Crippen LogP contribution in [0.4, 0.5) is 0 Å². The number of rotatable bonds is 6. The molecule has 138 valence electrons. The van der Waals surface area contributed by atoms with Gasteiger partial charge in [-0.25, -0.2) is 0 Å². The highest BCUT2D eigenvalue weighted by atomic mass is 28.4. The van der Waals surface area contributed by atoms with Gasteiger partial charge in [-0.15, -0.1) is 0 Å². The first-order chi connectivity index (χ1) is 11.8. The molecule has 0 N–H and O–H groups in total. The molecule has 2 aliphatic heterocycles. The molecule has 5 heteroatoms. The number of carbonyl (C=O) groups is 1. The highest BCUT2D eigenvalue weighted by Crippen LogP contribution is 2.36. The summed E-state index contributed by atoms with van der Waals surface area (Å²) in [5, 5.41) is 0. The van der Waals surface area contributed by atoms with Crippen molar-refractivity contribution in [2.24, 2.45) is 0 Å². The summed E-state index contributed by atoms with van der Waals surface area (Å²) in [6, 6.07) is 11.1. The van der Waals surface area contributed by atoms with Crippen molar-refractivity contribution < 1.29 is 14.0 Å². The monoisotopic (exact) mass is 361 g/mol. The van der Waals surface area contributed by atoms with E-state index in [0.717, 1.165) is 18.4 Å². The normalized spacial score (nSPS) is 27.9. The zero-order valence-electron chi connectivity index (χ0n) is 15.9. The van der Waals surface area contributed by atoms with E-state index < -0.39 is 8.32 Å².